The maximum absolute atomic E-state index is 3.82. The molecule has 16 heavy (non-hydrogen) atoms. The molecule has 0 heterocycles. The third kappa shape index (κ3) is 3.90. The predicted molar refractivity (Wildman–Crippen MR) is 71.3 cm³/mol. The quantitative estimate of drug-likeness (QED) is 0.606. The Morgan fingerprint density at radius 2 is 0.938 bits per heavy atom. The molecule has 2 aromatic rings. The van der Waals surface area contributed by atoms with Crippen LogP contribution in [0.5, 0.6) is 0 Å². The zero-order valence-corrected chi connectivity index (χ0v) is 10.0. The Kier molecular flexibility index (Phi) is 4.78. The van der Waals surface area contributed by atoms with Gasteiger partial charge in [-0.05, 0) is 49.9 Å². The van der Waals surface area contributed by atoms with E-state index in [1.165, 1.54) is 11.1 Å². The van der Waals surface area contributed by atoms with Gasteiger partial charge in [-0.15, -0.1) is 0 Å². The summed E-state index contributed by atoms with van der Waals surface area (Å²) in [4.78, 5) is 0. The standard InChI is InChI=1S/2C8H9/c2*1-7-5-3-4-6-8(7)2/h2*3-6H,1H2,2H3. The monoisotopic (exact) mass is 210 g/mol. The van der Waals surface area contributed by atoms with Crippen LogP contribution in [0.1, 0.15) is 22.3 Å². The normalized spacial score (nSPS) is 9.25. The Labute approximate surface area is 99.0 Å². The number of benzene rings is 2. The van der Waals surface area contributed by atoms with Crippen LogP contribution in [0.3, 0.4) is 0 Å². The SMILES string of the molecule is [CH2]c1ccccc1C.[CH2]c1ccccc1C. The lowest BCUT2D eigenvalue weighted by Crippen LogP contribution is -1.74. The number of aryl methyl sites for hydroxylation is 2. The minimum Gasteiger partial charge on any atom is -0.0620 e. The van der Waals surface area contributed by atoms with Crippen LogP contribution in [0.15, 0.2) is 48.5 Å². The summed E-state index contributed by atoms with van der Waals surface area (Å²) in [6.07, 6.45) is 0. The van der Waals surface area contributed by atoms with Gasteiger partial charge >= 0.3 is 0 Å². The van der Waals surface area contributed by atoms with E-state index in [1.54, 1.807) is 0 Å². The molecule has 2 rings (SSSR count). The van der Waals surface area contributed by atoms with Crippen molar-refractivity contribution in [2.75, 3.05) is 0 Å². The minimum atomic E-state index is 1.12. The highest BCUT2D eigenvalue weighted by Gasteiger charge is 1.84. The van der Waals surface area contributed by atoms with E-state index in [4.69, 9.17) is 0 Å². The van der Waals surface area contributed by atoms with E-state index in [0.717, 1.165) is 11.1 Å². The molecule has 0 unspecified atom stereocenters. The van der Waals surface area contributed by atoms with Gasteiger partial charge in [0.25, 0.3) is 0 Å². The van der Waals surface area contributed by atoms with Gasteiger partial charge in [0.05, 0.1) is 0 Å². The largest absolute Gasteiger partial charge is 0.0620 e. The first-order valence-corrected chi connectivity index (χ1v) is 5.36. The van der Waals surface area contributed by atoms with Crippen LogP contribution in [0.4, 0.5) is 0 Å². The maximum atomic E-state index is 3.82. The Morgan fingerprint density at radius 1 is 0.625 bits per heavy atom. The van der Waals surface area contributed by atoms with Crippen LogP contribution < -0.4 is 0 Å². The van der Waals surface area contributed by atoms with Crippen LogP contribution in [-0.2, 0) is 0 Å². The van der Waals surface area contributed by atoms with Crippen molar-refractivity contribution in [3.05, 3.63) is 84.6 Å². The van der Waals surface area contributed by atoms with Crippen molar-refractivity contribution >= 4 is 0 Å². The molecule has 0 bridgehead atoms. The Morgan fingerprint density at radius 3 is 1.12 bits per heavy atom. The molecule has 0 fully saturated rings. The van der Waals surface area contributed by atoms with Gasteiger partial charge in [-0.2, -0.15) is 0 Å². The summed E-state index contributed by atoms with van der Waals surface area (Å²) in [5.74, 6) is 0. The van der Waals surface area contributed by atoms with E-state index in [9.17, 15) is 0 Å². The van der Waals surface area contributed by atoms with Crippen molar-refractivity contribution in [1.29, 1.82) is 0 Å². The van der Waals surface area contributed by atoms with E-state index in [0.29, 0.717) is 0 Å². The van der Waals surface area contributed by atoms with Gasteiger partial charge < -0.3 is 0 Å². The van der Waals surface area contributed by atoms with Crippen molar-refractivity contribution in [2.24, 2.45) is 0 Å². The van der Waals surface area contributed by atoms with Gasteiger partial charge in [0.2, 0.25) is 0 Å². The molecule has 0 aromatic heterocycles. The zero-order valence-electron chi connectivity index (χ0n) is 10.0. The number of hydrogen-bond acceptors (Lipinski definition) is 0. The Balaban J connectivity index is 0.000000160. The Hall–Kier alpha value is -1.56. The van der Waals surface area contributed by atoms with E-state index in [2.05, 4.69) is 39.8 Å². The lowest BCUT2D eigenvalue weighted by molar-refractivity contribution is 1.42. The summed E-state index contributed by atoms with van der Waals surface area (Å²) in [7, 11) is 0. The smallest absolute Gasteiger partial charge is 0.0236 e. The summed E-state index contributed by atoms with van der Waals surface area (Å²) in [5, 5.41) is 0. The molecule has 0 atom stereocenters. The first-order chi connectivity index (χ1) is 7.61. The summed E-state index contributed by atoms with van der Waals surface area (Å²) in [6, 6.07) is 16.2. The highest BCUT2D eigenvalue weighted by molar-refractivity contribution is 5.28. The molecule has 0 heteroatoms. The summed E-state index contributed by atoms with van der Waals surface area (Å²) in [6.45, 7) is 11.8. The molecule has 82 valence electrons. The van der Waals surface area contributed by atoms with Gasteiger partial charge in [0.15, 0.2) is 0 Å². The summed E-state index contributed by atoms with van der Waals surface area (Å²) < 4.78 is 0. The van der Waals surface area contributed by atoms with Crippen molar-refractivity contribution in [3.8, 4) is 0 Å². The van der Waals surface area contributed by atoms with Crippen molar-refractivity contribution in [3.63, 3.8) is 0 Å². The first-order valence-electron chi connectivity index (χ1n) is 5.36. The van der Waals surface area contributed by atoms with Crippen LogP contribution in [-0.4, -0.2) is 0 Å². The second kappa shape index (κ2) is 6.12. The number of rotatable bonds is 0. The van der Waals surface area contributed by atoms with Gasteiger partial charge in [-0.3, -0.25) is 0 Å². The molecule has 0 aliphatic rings. The fraction of sp³-hybridized carbons (Fsp3) is 0.125. The molecular formula is C16H18. The molecule has 0 saturated carbocycles. The molecule has 0 N–H and O–H groups in total. The van der Waals surface area contributed by atoms with E-state index in [-0.39, 0.29) is 0 Å². The summed E-state index contributed by atoms with van der Waals surface area (Å²) >= 11 is 0. The van der Waals surface area contributed by atoms with Gasteiger partial charge in [-0.1, -0.05) is 48.5 Å². The Bertz CT molecular complexity index is 356. The minimum absolute atomic E-state index is 1.12. The first kappa shape index (κ1) is 12.5. The molecule has 2 aromatic carbocycles. The zero-order chi connectivity index (χ0) is 12.0. The number of hydrogen-bond donors (Lipinski definition) is 0. The van der Waals surface area contributed by atoms with Crippen molar-refractivity contribution in [2.45, 2.75) is 13.8 Å². The van der Waals surface area contributed by atoms with Gasteiger partial charge in [0.1, 0.15) is 0 Å². The molecule has 0 nitrogen and oxygen atoms in total. The van der Waals surface area contributed by atoms with E-state index < -0.39 is 0 Å². The molecule has 0 spiro atoms. The van der Waals surface area contributed by atoms with Crippen LogP contribution in [0, 0.1) is 27.7 Å². The van der Waals surface area contributed by atoms with Crippen LogP contribution >= 0.6 is 0 Å². The predicted octanol–water partition coefficient (Wildman–Crippen LogP) is 4.35. The third-order valence-electron chi connectivity index (χ3n) is 2.52. The van der Waals surface area contributed by atoms with Crippen molar-refractivity contribution in [1.82, 2.24) is 0 Å². The average molecular weight is 210 g/mol. The highest BCUT2D eigenvalue weighted by Crippen LogP contribution is 2.03. The van der Waals surface area contributed by atoms with Crippen LogP contribution in [0.2, 0.25) is 0 Å². The second-order valence-electron chi connectivity index (χ2n) is 3.85. The van der Waals surface area contributed by atoms with Crippen molar-refractivity contribution < 1.29 is 0 Å². The van der Waals surface area contributed by atoms with Gasteiger partial charge in [0, 0.05) is 0 Å². The second-order valence-corrected chi connectivity index (χ2v) is 3.85. The molecule has 0 amide bonds. The lowest BCUT2D eigenvalue weighted by Gasteiger charge is -1.93. The highest BCUT2D eigenvalue weighted by atomic mass is 13.9. The lowest BCUT2D eigenvalue weighted by atomic mass is 10.1. The third-order valence-corrected chi connectivity index (χ3v) is 2.52. The molecular weight excluding hydrogens is 192 g/mol. The molecule has 0 aliphatic heterocycles. The fourth-order valence-corrected chi connectivity index (χ4v) is 1.22. The fourth-order valence-electron chi connectivity index (χ4n) is 1.22. The van der Waals surface area contributed by atoms with E-state index >= 15 is 0 Å². The van der Waals surface area contributed by atoms with Crippen LogP contribution in [0.25, 0.3) is 0 Å². The average Bonchev–Trinajstić information content (AvgIpc) is 2.28. The van der Waals surface area contributed by atoms with Gasteiger partial charge in [-0.25, -0.2) is 0 Å². The molecule has 0 saturated heterocycles. The maximum Gasteiger partial charge on any atom is -0.0236 e. The molecule has 2 radical (unpaired) electrons. The topological polar surface area (TPSA) is 0 Å². The summed E-state index contributed by atoms with van der Waals surface area (Å²) in [5.41, 5.74) is 4.75. The molecule has 0 aliphatic carbocycles. The van der Waals surface area contributed by atoms with E-state index in [1.807, 2.05) is 36.4 Å².